The average Bonchev–Trinajstić information content (AvgIpc) is 2.53. The number of carbonyl (C=O) groups is 1. The van der Waals surface area contributed by atoms with Gasteiger partial charge in [0.15, 0.2) is 0 Å². The predicted molar refractivity (Wildman–Crippen MR) is 96.9 cm³/mol. The molecule has 1 saturated heterocycles. The summed E-state index contributed by atoms with van der Waals surface area (Å²) in [6.45, 7) is 6.86. The fourth-order valence-electron chi connectivity index (χ4n) is 5.25. The van der Waals surface area contributed by atoms with Crippen LogP contribution in [0.3, 0.4) is 0 Å². The molecule has 2 aliphatic carbocycles. The lowest BCUT2D eigenvalue weighted by molar-refractivity contribution is -0.161. The molecule has 25 heavy (non-hydrogen) atoms. The molecule has 1 N–H and O–H groups in total. The number of fused-ring (bicyclic) bond motifs is 1. The number of methoxy groups -OCH3 is 1. The van der Waals surface area contributed by atoms with Gasteiger partial charge in [-0.25, -0.2) is 0 Å². The maximum atomic E-state index is 11.6. The maximum absolute atomic E-state index is 11.6. The van der Waals surface area contributed by atoms with Crippen molar-refractivity contribution in [2.75, 3.05) is 7.11 Å². The van der Waals surface area contributed by atoms with Gasteiger partial charge in [-0.1, -0.05) is 39.0 Å². The molecule has 7 atom stereocenters. The van der Waals surface area contributed by atoms with Gasteiger partial charge in [0.25, 0.3) is 0 Å². The highest BCUT2D eigenvalue weighted by Crippen LogP contribution is 2.53. The number of hydrogen-bond acceptors (Lipinski definition) is 4. The van der Waals surface area contributed by atoms with Gasteiger partial charge in [-0.05, 0) is 42.6 Å². The van der Waals surface area contributed by atoms with E-state index in [9.17, 15) is 9.90 Å². The van der Waals surface area contributed by atoms with Crippen LogP contribution in [0.25, 0.3) is 0 Å². The van der Waals surface area contributed by atoms with Crippen molar-refractivity contribution in [3.05, 3.63) is 23.8 Å². The van der Waals surface area contributed by atoms with Crippen LogP contribution in [0, 0.1) is 23.2 Å². The minimum atomic E-state index is -0.553. The minimum absolute atomic E-state index is 0.00722. The first-order chi connectivity index (χ1) is 11.8. The summed E-state index contributed by atoms with van der Waals surface area (Å²) in [6.07, 6.45) is 10.0. The summed E-state index contributed by atoms with van der Waals surface area (Å²) in [6, 6.07) is 0. The van der Waals surface area contributed by atoms with E-state index in [0.717, 1.165) is 19.3 Å². The Morgan fingerprint density at radius 1 is 1.32 bits per heavy atom. The average molecular weight is 348 g/mol. The zero-order valence-electron chi connectivity index (χ0n) is 15.9. The van der Waals surface area contributed by atoms with Crippen molar-refractivity contribution in [2.45, 2.75) is 71.2 Å². The van der Waals surface area contributed by atoms with Gasteiger partial charge in [-0.2, -0.15) is 0 Å². The van der Waals surface area contributed by atoms with Crippen molar-refractivity contribution in [3.63, 3.8) is 0 Å². The summed E-state index contributed by atoms with van der Waals surface area (Å²) in [7, 11) is 1.82. The van der Waals surface area contributed by atoms with Gasteiger partial charge in [0.1, 0.15) is 6.10 Å². The van der Waals surface area contributed by atoms with Crippen molar-refractivity contribution < 1.29 is 19.4 Å². The van der Waals surface area contributed by atoms with Crippen LogP contribution >= 0.6 is 0 Å². The molecule has 0 amide bonds. The van der Waals surface area contributed by atoms with Crippen LogP contribution in [0.2, 0.25) is 0 Å². The zero-order valence-corrected chi connectivity index (χ0v) is 15.9. The van der Waals surface area contributed by atoms with Crippen molar-refractivity contribution in [1.82, 2.24) is 0 Å². The van der Waals surface area contributed by atoms with E-state index < -0.39 is 6.10 Å². The van der Waals surface area contributed by atoms with Gasteiger partial charge in [-0.3, -0.25) is 4.79 Å². The third-order valence-electron chi connectivity index (χ3n) is 6.64. The molecule has 0 unspecified atom stereocenters. The Labute approximate surface area is 151 Å². The number of aliphatic hydroxyl groups excluding tert-OH is 1. The standard InChI is InChI=1S/C21H32O4/c1-13-9-15-6-5-14(2)18(21(15,3)19(10-13)24-4)8-7-17-11-16(22)12-20(23)25-17/h5-6,9,13-14,16-19,22H,7-8,10-12H2,1-4H3/t13-,14-,16+,17+,18-,19-,21-/m0/s1. The molecule has 3 rings (SSSR count). The largest absolute Gasteiger partial charge is 0.462 e. The second kappa shape index (κ2) is 7.24. The number of hydrogen-bond donors (Lipinski definition) is 1. The Balaban J connectivity index is 1.78. The molecule has 0 spiro atoms. The van der Waals surface area contributed by atoms with E-state index in [1.54, 1.807) is 0 Å². The highest BCUT2D eigenvalue weighted by atomic mass is 16.5. The van der Waals surface area contributed by atoms with Crippen molar-refractivity contribution in [2.24, 2.45) is 23.2 Å². The quantitative estimate of drug-likeness (QED) is 0.788. The van der Waals surface area contributed by atoms with Crippen molar-refractivity contribution >= 4 is 5.97 Å². The number of allylic oxidation sites excluding steroid dienone is 3. The summed E-state index contributed by atoms with van der Waals surface area (Å²) in [4.78, 5) is 11.6. The number of aliphatic hydroxyl groups is 1. The molecular formula is C21H32O4. The minimum Gasteiger partial charge on any atom is -0.462 e. The van der Waals surface area contributed by atoms with E-state index in [0.29, 0.717) is 24.2 Å². The van der Waals surface area contributed by atoms with Gasteiger partial charge < -0.3 is 14.6 Å². The molecule has 4 heteroatoms. The highest BCUT2D eigenvalue weighted by Gasteiger charge is 2.49. The van der Waals surface area contributed by atoms with Crippen LogP contribution in [0.4, 0.5) is 0 Å². The first-order valence-electron chi connectivity index (χ1n) is 9.65. The SMILES string of the molecule is CO[C@H]1C[C@@H](C)C=C2C=C[C@H](C)[C@H](CC[C@@H]3C[C@@H](O)CC(=O)O3)[C@]21C. The van der Waals surface area contributed by atoms with E-state index in [-0.39, 0.29) is 30.0 Å². The second-order valence-electron chi connectivity index (χ2n) is 8.45. The molecule has 3 aliphatic rings. The van der Waals surface area contributed by atoms with Gasteiger partial charge in [0.05, 0.1) is 18.6 Å². The molecule has 0 radical (unpaired) electrons. The lowest BCUT2D eigenvalue weighted by atomic mass is 9.55. The molecule has 1 aliphatic heterocycles. The Bertz CT molecular complexity index is 566. The van der Waals surface area contributed by atoms with Crippen molar-refractivity contribution in [3.8, 4) is 0 Å². The molecule has 0 aromatic carbocycles. The summed E-state index contributed by atoms with van der Waals surface area (Å²) in [5.74, 6) is 1.16. The van der Waals surface area contributed by atoms with E-state index in [1.165, 1.54) is 5.57 Å². The highest BCUT2D eigenvalue weighted by molar-refractivity contribution is 5.70. The summed E-state index contributed by atoms with van der Waals surface area (Å²) < 4.78 is 11.4. The zero-order chi connectivity index (χ0) is 18.2. The lowest BCUT2D eigenvalue weighted by Crippen LogP contribution is -2.48. The smallest absolute Gasteiger partial charge is 0.308 e. The number of cyclic esters (lactones) is 1. The van der Waals surface area contributed by atoms with Crippen LogP contribution in [0.15, 0.2) is 23.8 Å². The van der Waals surface area contributed by atoms with E-state index in [2.05, 4.69) is 39.0 Å². The van der Waals surface area contributed by atoms with Crippen LogP contribution in [-0.4, -0.2) is 36.5 Å². The van der Waals surface area contributed by atoms with Crippen LogP contribution < -0.4 is 0 Å². The first kappa shape index (κ1) is 18.7. The number of esters is 1. The van der Waals surface area contributed by atoms with Gasteiger partial charge in [0.2, 0.25) is 0 Å². The fourth-order valence-corrected chi connectivity index (χ4v) is 5.25. The first-order valence-corrected chi connectivity index (χ1v) is 9.65. The molecule has 1 fully saturated rings. The Hall–Kier alpha value is -1.13. The Morgan fingerprint density at radius 3 is 2.76 bits per heavy atom. The molecule has 0 saturated carbocycles. The molecular weight excluding hydrogens is 316 g/mol. The monoisotopic (exact) mass is 348 g/mol. The number of ether oxygens (including phenoxy) is 2. The molecule has 140 valence electrons. The van der Waals surface area contributed by atoms with Gasteiger partial charge in [0, 0.05) is 18.9 Å². The van der Waals surface area contributed by atoms with Crippen LogP contribution in [-0.2, 0) is 14.3 Å². The summed E-state index contributed by atoms with van der Waals surface area (Å²) in [5.41, 5.74) is 1.38. The Kier molecular flexibility index (Phi) is 5.40. The lowest BCUT2D eigenvalue weighted by Gasteiger charge is -2.51. The summed E-state index contributed by atoms with van der Waals surface area (Å²) >= 11 is 0. The van der Waals surface area contributed by atoms with E-state index in [4.69, 9.17) is 9.47 Å². The van der Waals surface area contributed by atoms with Crippen LogP contribution in [0.1, 0.15) is 52.9 Å². The summed E-state index contributed by atoms with van der Waals surface area (Å²) in [5, 5.41) is 9.85. The normalized spacial score (nSPS) is 44.0. The molecule has 4 nitrogen and oxygen atoms in total. The fraction of sp³-hybridized carbons (Fsp3) is 0.762. The van der Waals surface area contributed by atoms with E-state index >= 15 is 0 Å². The molecule has 0 bridgehead atoms. The maximum Gasteiger partial charge on any atom is 0.308 e. The molecule has 0 aromatic heterocycles. The molecule has 0 aromatic rings. The topological polar surface area (TPSA) is 55.8 Å². The third kappa shape index (κ3) is 3.56. The Morgan fingerprint density at radius 2 is 2.08 bits per heavy atom. The predicted octanol–water partition coefficient (Wildman–Crippen LogP) is 3.64. The molecule has 1 heterocycles. The second-order valence-corrected chi connectivity index (χ2v) is 8.45. The van der Waals surface area contributed by atoms with E-state index in [1.807, 2.05) is 7.11 Å². The van der Waals surface area contributed by atoms with Gasteiger partial charge >= 0.3 is 5.97 Å². The third-order valence-corrected chi connectivity index (χ3v) is 6.64. The number of rotatable bonds is 4. The van der Waals surface area contributed by atoms with Gasteiger partial charge in [-0.15, -0.1) is 0 Å². The van der Waals surface area contributed by atoms with Crippen LogP contribution in [0.5, 0.6) is 0 Å². The number of carbonyl (C=O) groups excluding carboxylic acids is 1. The van der Waals surface area contributed by atoms with Crippen molar-refractivity contribution in [1.29, 1.82) is 0 Å².